The summed E-state index contributed by atoms with van der Waals surface area (Å²) in [7, 11) is 1.55. The Morgan fingerprint density at radius 3 is 2.65 bits per heavy atom. The second-order valence-corrected chi connectivity index (χ2v) is 5.18. The monoisotopic (exact) mass is 306 g/mol. The maximum atomic E-state index is 12.4. The molecule has 0 fully saturated rings. The summed E-state index contributed by atoms with van der Waals surface area (Å²) >= 11 is 0. The van der Waals surface area contributed by atoms with Crippen molar-refractivity contribution in [3.63, 3.8) is 0 Å². The molecule has 1 N–H and O–H groups in total. The molecule has 4 nitrogen and oxygen atoms in total. The Balaban J connectivity index is 2.30. The van der Waals surface area contributed by atoms with Gasteiger partial charge in [0.25, 0.3) is 5.91 Å². The summed E-state index contributed by atoms with van der Waals surface area (Å²) in [5, 5.41) is 12.1. The lowest BCUT2D eigenvalue weighted by atomic mass is 10.1. The number of rotatable bonds is 4. The largest absolute Gasteiger partial charge is 0.496 e. The van der Waals surface area contributed by atoms with Gasteiger partial charge in [0.2, 0.25) is 0 Å². The molecule has 0 spiro atoms. The van der Waals surface area contributed by atoms with E-state index in [1.807, 2.05) is 50.2 Å². The average Bonchev–Trinajstić information content (AvgIpc) is 2.56. The minimum Gasteiger partial charge on any atom is -0.496 e. The van der Waals surface area contributed by atoms with Crippen LogP contribution in [-0.4, -0.2) is 13.0 Å². The number of ether oxygens (including phenoxy) is 1. The van der Waals surface area contributed by atoms with E-state index in [-0.39, 0.29) is 5.57 Å². The third kappa shape index (κ3) is 3.98. The van der Waals surface area contributed by atoms with Gasteiger partial charge in [-0.15, -0.1) is 0 Å². The molecule has 23 heavy (non-hydrogen) atoms. The molecule has 2 rings (SSSR count). The molecule has 2 aromatic carbocycles. The van der Waals surface area contributed by atoms with E-state index in [9.17, 15) is 10.1 Å². The van der Waals surface area contributed by atoms with E-state index in [0.29, 0.717) is 17.0 Å². The van der Waals surface area contributed by atoms with Crippen LogP contribution in [0.2, 0.25) is 0 Å². The van der Waals surface area contributed by atoms with Crippen molar-refractivity contribution in [1.29, 1.82) is 5.26 Å². The first-order valence-electron chi connectivity index (χ1n) is 7.18. The molecule has 0 aliphatic carbocycles. The second-order valence-electron chi connectivity index (χ2n) is 5.18. The topological polar surface area (TPSA) is 62.1 Å². The first-order chi connectivity index (χ1) is 11.0. The van der Waals surface area contributed by atoms with Gasteiger partial charge in [0.05, 0.1) is 7.11 Å². The Morgan fingerprint density at radius 2 is 1.96 bits per heavy atom. The predicted molar refractivity (Wildman–Crippen MR) is 91.1 cm³/mol. The van der Waals surface area contributed by atoms with Crippen molar-refractivity contribution >= 4 is 17.7 Å². The van der Waals surface area contributed by atoms with Crippen LogP contribution in [0.25, 0.3) is 6.08 Å². The molecule has 0 radical (unpaired) electrons. The molecule has 1 amide bonds. The van der Waals surface area contributed by atoms with Gasteiger partial charge in [0.15, 0.2) is 0 Å². The van der Waals surface area contributed by atoms with Crippen molar-refractivity contribution in [2.24, 2.45) is 0 Å². The lowest BCUT2D eigenvalue weighted by molar-refractivity contribution is -0.112. The molecule has 0 heterocycles. The van der Waals surface area contributed by atoms with Crippen LogP contribution in [0.3, 0.4) is 0 Å². The zero-order valence-electron chi connectivity index (χ0n) is 13.4. The van der Waals surface area contributed by atoms with Crippen LogP contribution in [0.5, 0.6) is 5.75 Å². The summed E-state index contributed by atoms with van der Waals surface area (Å²) in [5.41, 5.74) is 3.39. The molecule has 0 aromatic heterocycles. The van der Waals surface area contributed by atoms with Crippen molar-refractivity contribution in [2.45, 2.75) is 13.8 Å². The standard InChI is InChI=1S/C19H18N2O2/c1-13-8-9-14(2)17(10-13)21-19(22)16(12-20)11-15-6-4-5-7-18(15)23-3/h4-11H,1-3H3,(H,21,22)/b16-11+. The highest BCUT2D eigenvalue weighted by molar-refractivity contribution is 6.10. The Morgan fingerprint density at radius 1 is 1.22 bits per heavy atom. The number of carbonyl (C=O) groups excluding carboxylic acids is 1. The second kappa shape index (κ2) is 7.28. The Labute approximate surface area is 136 Å². The van der Waals surface area contributed by atoms with E-state index in [4.69, 9.17) is 4.74 Å². The van der Waals surface area contributed by atoms with Gasteiger partial charge in [-0.25, -0.2) is 0 Å². The fraction of sp³-hybridized carbons (Fsp3) is 0.158. The summed E-state index contributed by atoms with van der Waals surface area (Å²) in [6, 6.07) is 15.0. The molecular formula is C19H18N2O2. The van der Waals surface area contributed by atoms with Crippen molar-refractivity contribution in [3.05, 3.63) is 64.7 Å². The number of anilines is 1. The van der Waals surface area contributed by atoms with Gasteiger partial charge in [0, 0.05) is 11.3 Å². The van der Waals surface area contributed by atoms with Crippen LogP contribution >= 0.6 is 0 Å². The van der Waals surface area contributed by atoms with Crippen LogP contribution in [0.15, 0.2) is 48.0 Å². The van der Waals surface area contributed by atoms with Crippen LogP contribution in [0.4, 0.5) is 5.69 Å². The van der Waals surface area contributed by atoms with E-state index >= 15 is 0 Å². The van der Waals surface area contributed by atoms with Crippen LogP contribution in [0, 0.1) is 25.2 Å². The summed E-state index contributed by atoms with van der Waals surface area (Å²) < 4.78 is 5.24. The SMILES string of the molecule is COc1ccccc1/C=C(\C#N)C(=O)Nc1cc(C)ccc1C. The molecule has 0 bridgehead atoms. The molecule has 0 saturated heterocycles. The van der Waals surface area contributed by atoms with E-state index in [2.05, 4.69) is 5.32 Å². The summed E-state index contributed by atoms with van der Waals surface area (Å²) in [5.74, 6) is 0.173. The minimum atomic E-state index is -0.438. The fourth-order valence-electron chi connectivity index (χ4n) is 2.15. The van der Waals surface area contributed by atoms with Crippen LogP contribution in [0.1, 0.15) is 16.7 Å². The molecule has 116 valence electrons. The van der Waals surface area contributed by atoms with Crippen molar-refractivity contribution in [1.82, 2.24) is 0 Å². The number of methoxy groups -OCH3 is 1. The smallest absolute Gasteiger partial charge is 0.266 e. The lowest BCUT2D eigenvalue weighted by Gasteiger charge is -2.09. The normalized spacial score (nSPS) is 10.8. The van der Waals surface area contributed by atoms with E-state index in [0.717, 1.165) is 11.1 Å². The first kappa shape index (κ1) is 16.3. The highest BCUT2D eigenvalue weighted by Crippen LogP contribution is 2.22. The number of hydrogen-bond donors (Lipinski definition) is 1. The fourth-order valence-corrected chi connectivity index (χ4v) is 2.15. The highest BCUT2D eigenvalue weighted by atomic mass is 16.5. The number of amides is 1. The van der Waals surface area contributed by atoms with E-state index in [1.54, 1.807) is 19.2 Å². The summed E-state index contributed by atoms with van der Waals surface area (Å²) in [6.07, 6.45) is 1.53. The first-order valence-corrected chi connectivity index (χ1v) is 7.18. The number of nitrogens with one attached hydrogen (secondary N) is 1. The molecule has 0 atom stereocenters. The van der Waals surface area contributed by atoms with Gasteiger partial charge in [-0.2, -0.15) is 5.26 Å². The molecule has 0 unspecified atom stereocenters. The van der Waals surface area contributed by atoms with Crippen LogP contribution < -0.4 is 10.1 Å². The minimum absolute atomic E-state index is 0.0235. The number of nitrogens with zero attached hydrogens (tertiary/aromatic N) is 1. The van der Waals surface area contributed by atoms with Gasteiger partial charge in [-0.3, -0.25) is 4.79 Å². The maximum Gasteiger partial charge on any atom is 0.266 e. The highest BCUT2D eigenvalue weighted by Gasteiger charge is 2.12. The molecule has 0 aliphatic heterocycles. The van der Waals surface area contributed by atoms with Crippen LogP contribution in [-0.2, 0) is 4.79 Å². The number of benzene rings is 2. The molecule has 4 heteroatoms. The summed E-state index contributed by atoms with van der Waals surface area (Å²) in [6.45, 7) is 3.86. The number of hydrogen-bond acceptors (Lipinski definition) is 3. The lowest BCUT2D eigenvalue weighted by Crippen LogP contribution is -2.14. The van der Waals surface area contributed by atoms with Gasteiger partial charge < -0.3 is 10.1 Å². The number of carbonyl (C=O) groups is 1. The predicted octanol–water partition coefficient (Wildman–Crippen LogP) is 3.86. The maximum absolute atomic E-state index is 12.4. The molecule has 0 aliphatic rings. The Hall–Kier alpha value is -3.06. The van der Waals surface area contributed by atoms with E-state index < -0.39 is 5.91 Å². The van der Waals surface area contributed by atoms with Gasteiger partial charge in [-0.05, 0) is 43.2 Å². The third-order valence-corrected chi connectivity index (χ3v) is 3.45. The quantitative estimate of drug-likeness (QED) is 0.689. The molecule has 0 saturated carbocycles. The van der Waals surface area contributed by atoms with E-state index in [1.165, 1.54) is 6.08 Å². The number of aryl methyl sites for hydroxylation is 2. The zero-order valence-corrected chi connectivity index (χ0v) is 13.4. The molecule has 2 aromatic rings. The third-order valence-electron chi connectivity index (χ3n) is 3.45. The number of para-hydroxylation sites is 1. The molecular weight excluding hydrogens is 288 g/mol. The van der Waals surface area contributed by atoms with Gasteiger partial charge >= 0.3 is 0 Å². The Bertz CT molecular complexity index is 801. The zero-order chi connectivity index (χ0) is 16.8. The van der Waals surface area contributed by atoms with Crippen molar-refractivity contribution in [3.8, 4) is 11.8 Å². The summed E-state index contributed by atoms with van der Waals surface area (Å²) in [4.78, 5) is 12.4. The van der Waals surface area contributed by atoms with Crippen molar-refractivity contribution < 1.29 is 9.53 Å². The number of nitriles is 1. The Kier molecular flexibility index (Phi) is 5.16. The average molecular weight is 306 g/mol. The van der Waals surface area contributed by atoms with Gasteiger partial charge in [0.1, 0.15) is 17.4 Å². The van der Waals surface area contributed by atoms with Gasteiger partial charge in [-0.1, -0.05) is 30.3 Å². The van der Waals surface area contributed by atoms with Crippen molar-refractivity contribution in [2.75, 3.05) is 12.4 Å².